The van der Waals surface area contributed by atoms with Gasteiger partial charge in [-0.05, 0) is 25.5 Å². The number of ether oxygens (including phenoxy) is 1. The number of alkyl halides is 1. The first kappa shape index (κ1) is 13.4. The van der Waals surface area contributed by atoms with E-state index in [0.717, 1.165) is 11.1 Å². The summed E-state index contributed by atoms with van der Waals surface area (Å²) < 4.78 is 5.56. The molecule has 0 spiro atoms. The number of rotatable bonds is 2. The molecule has 2 atom stereocenters. The molecule has 0 radical (unpaired) electrons. The second-order valence-electron chi connectivity index (χ2n) is 4.73. The van der Waals surface area contributed by atoms with Crippen LogP contribution in [0, 0.1) is 6.92 Å². The van der Waals surface area contributed by atoms with Gasteiger partial charge in [0.2, 0.25) is 0 Å². The number of carbonyl (C=O) groups is 1. The summed E-state index contributed by atoms with van der Waals surface area (Å²) in [7, 11) is 0. The number of halogens is 1. The summed E-state index contributed by atoms with van der Waals surface area (Å²) in [6.45, 7) is 5.07. The first-order chi connectivity index (χ1) is 8.63. The molecule has 0 aromatic heterocycles. The van der Waals surface area contributed by atoms with Gasteiger partial charge in [-0.1, -0.05) is 18.2 Å². The van der Waals surface area contributed by atoms with E-state index >= 15 is 0 Å². The quantitative estimate of drug-likeness (QED) is 0.771. The van der Waals surface area contributed by atoms with Crippen LogP contribution in [0.2, 0.25) is 0 Å². The first-order valence-electron chi connectivity index (χ1n) is 6.17. The van der Waals surface area contributed by atoms with E-state index in [2.05, 4.69) is 0 Å². The molecular formula is C14H18ClNO2. The van der Waals surface area contributed by atoms with Gasteiger partial charge in [-0.25, -0.2) is 0 Å². The zero-order chi connectivity index (χ0) is 13.1. The van der Waals surface area contributed by atoms with Crippen LogP contribution in [0.5, 0.6) is 0 Å². The highest BCUT2D eigenvalue weighted by Crippen LogP contribution is 2.18. The zero-order valence-electron chi connectivity index (χ0n) is 10.7. The lowest BCUT2D eigenvalue weighted by Crippen LogP contribution is -2.51. The Morgan fingerprint density at radius 3 is 2.89 bits per heavy atom. The molecule has 1 aliphatic heterocycles. The minimum Gasteiger partial charge on any atom is -0.373 e. The highest BCUT2D eigenvalue weighted by atomic mass is 35.5. The van der Waals surface area contributed by atoms with Crippen LogP contribution in [-0.2, 0) is 4.74 Å². The topological polar surface area (TPSA) is 29.5 Å². The van der Waals surface area contributed by atoms with Crippen molar-refractivity contribution in [3.05, 3.63) is 35.4 Å². The minimum atomic E-state index is -0.0594. The van der Waals surface area contributed by atoms with E-state index in [1.165, 1.54) is 0 Å². The molecule has 0 N–H and O–H groups in total. The Hall–Kier alpha value is -1.06. The lowest BCUT2D eigenvalue weighted by atomic mass is 10.1. The smallest absolute Gasteiger partial charge is 0.254 e. The van der Waals surface area contributed by atoms with Gasteiger partial charge in [-0.2, -0.15) is 0 Å². The molecule has 1 aromatic rings. The number of aryl methyl sites for hydroxylation is 1. The Labute approximate surface area is 113 Å². The summed E-state index contributed by atoms with van der Waals surface area (Å²) in [5.41, 5.74) is 1.77. The van der Waals surface area contributed by atoms with Crippen LogP contribution >= 0.6 is 11.6 Å². The molecule has 0 aliphatic carbocycles. The third-order valence-electron chi connectivity index (χ3n) is 3.31. The van der Waals surface area contributed by atoms with Crippen molar-refractivity contribution in [3.8, 4) is 0 Å². The monoisotopic (exact) mass is 267 g/mol. The van der Waals surface area contributed by atoms with Gasteiger partial charge in [0.25, 0.3) is 5.91 Å². The maximum absolute atomic E-state index is 12.5. The molecule has 1 aliphatic rings. The molecular weight excluding hydrogens is 250 g/mol. The van der Waals surface area contributed by atoms with Gasteiger partial charge < -0.3 is 9.64 Å². The zero-order valence-corrected chi connectivity index (χ0v) is 11.5. The largest absolute Gasteiger partial charge is 0.373 e. The number of amides is 1. The second kappa shape index (κ2) is 5.72. The number of benzene rings is 1. The third-order valence-corrected chi connectivity index (χ3v) is 3.66. The van der Waals surface area contributed by atoms with E-state index < -0.39 is 0 Å². The molecule has 1 amide bonds. The Balaban J connectivity index is 2.19. The summed E-state index contributed by atoms with van der Waals surface area (Å²) in [4.78, 5) is 14.4. The van der Waals surface area contributed by atoms with E-state index in [0.29, 0.717) is 19.0 Å². The van der Waals surface area contributed by atoms with Gasteiger partial charge in [-0.15, -0.1) is 11.6 Å². The van der Waals surface area contributed by atoms with Crippen LogP contribution in [0.25, 0.3) is 0 Å². The normalized spacial score (nSPS) is 24.1. The van der Waals surface area contributed by atoms with Crippen molar-refractivity contribution in [2.24, 2.45) is 0 Å². The molecule has 1 heterocycles. The number of hydrogen-bond donors (Lipinski definition) is 0. The van der Waals surface area contributed by atoms with Gasteiger partial charge in [-0.3, -0.25) is 4.79 Å². The van der Waals surface area contributed by atoms with Crippen LogP contribution < -0.4 is 0 Å². The van der Waals surface area contributed by atoms with Gasteiger partial charge in [0.1, 0.15) is 0 Å². The molecule has 0 saturated carbocycles. The third kappa shape index (κ3) is 2.68. The van der Waals surface area contributed by atoms with Gasteiger partial charge in [0.15, 0.2) is 0 Å². The SMILES string of the molecule is Cc1ccccc1C(=O)N1CC(CCl)OCC1C. The fourth-order valence-corrected chi connectivity index (χ4v) is 2.35. The summed E-state index contributed by atoms with van der Waals surface area (Å²) >= 11 is 5.81. The van der Waals surface area contributed by atoms with Crippen molar-refractivity contribution >= 4 is 17.5 Å². The van der Waals surface area contributed by atoms with Crippen molar-refractivity contribution in [1.29, 1.82) is 0 Å². The lowest BCUT2D eigenvalue weighted by Gasteiger charge is -2.37. The maximum atomic E-state index is 12.5. The van der Waals surface area contributed by atoms with Crippen molar-refractivity contribution in [3.63, 3.8) is 0 Å². The molecule has 1 saturated heterocycles. The van der Waals surface area contributed by atoms with Crippen LogP contribution in [0.3, 0.4) is 0 Å². The van der Waals surface area contributed by atoms with Crippen molar-refractivity contribution in [2.45, 2.75) is 26.0 Å². The summed E-state index contributed by atoms with van der Waals surface area (Å²) in [6.07, 6.45) is -0.0594. The Morgan fingerprint density at radius 2 is 2.22 bits per heavy atom. The van der Waals surface area contributed by atoms with Gasteiger partial charge in [0.05, 0.1) is 24.6 Å². The van der Waals surface area contributed by atoms with Crippen LogP contribution in [0.4, 0.5) is 0 Å². The fourth-order valence-electron chi connectivity index (χ4n) is 2.16. The molecule has 98 valence electrons. The van der Waals surface area contributed by atoms with Crippen molar-refractivity contribution in [1.82, 2.24) is 4.90 Å². The standard InChI is InChI=1S/C14H18ClNO2/c1-10-5-3-4-6-13(10)14(17)16-8-12(7-15)18-9-11(16)2/h3-6,11-12H,7-9H2,1-2H3. The molecule has 3 nitrogen and oxygen atoms in total. The number of morpholine rings is 1. The minimum absolute atomic E-state index is 0.0594. The van der Waals surface area contributed by atoms with Crippen molar-refractivity contribution in [2.75, 3.05) is 19.0 Å². The first-order valence-corrected chi connectivity index (χ1v) is 6.71. The predicted octanol–water partition coefficient (Wildman–Crippen LogP) is 2.46. The van der Waals surface area contributed by atoms with Crippen LogP contribution in [0.1, 0.15) is 22.8 Å². The number of hydrogen-bond acceptors (Lipinski definition) is 2. The maximum Gasteiger partial charge on any atom is 0.254 e. The van der Waals surface area contributed by atoms with E-state index in [1.807, 2.05) is 43.0 Å². The molecule has 4 heteroatoms. The lowest BCUT2D eigenvalue weighted by molar-refractivity contribution is -0.0372. The van der Waals surface area contributed by atoms with E-state index in [9.17, 15) is 4.79 Å². The summed E-state index contributed by atoms with van der Waals surface area (Å²) in [6, 6.07) is 7.75. The molecule has 2 unspecified atom stereocenters. The summed E-state index contributed by atoms with van der Waals surface area (Å²) in [5, 5.41) is 0. The Kier molecular flexibility index (Phi) is 4.25. The Morgan fingerprint density at radius 1 is 1.50 bits per heavy atom. The molecule has 1 aromatic carbocycles. The van der Waals surface area contributed by atoms with E-state index in [-0.39, 0.29) is 18.1 Å². The highest BCUT2D eigenvalue weighted by molar-refractivity contribution is 6.18. The van der Waals surface area contributed by atoms with Gasteiger partial charge in [0, 0.05) is 12.1 Å². The second-order valence-corrected chi connectivity index (χ2v) is 5.04. The fraction of sp³-hybridized carbons (Fsp3) is 0.500. The molecule has 2 rings (SSSR count). The number of nitrogens with zero attached hydrogens (tertiary/aromatic N) is 1. The summed E-state index contributed by atoms with van der Waals surface area (Å²) in [5.74, 6) is 0.489. The Bertz CT molecular complexity index is 436. The number of carbonyl (C=O) groups excluding carboxylic acids is 1. The average Bonchev–Trinajstić information content (AvgIpc) is 2.39. The van der Waals surface area contributed by atoms with Gasteiger partial charge >= 0.3 is 0 Å². The van der Waals surface area contributed by atoms with Crippen LogP contribution in [0.15, 0.2) is 24.3 Å². The average molecular weight is 268 g/mol. The molecule has 0 bridgehead atoms. The molecule has 18 heavy (non-hydrogen) atoms. The van der Waals surface area contributed by atoms with E-state index in [4.69, 9.17) is 16.3 Å². The van der Waals surface area contributed by atoms with Crippen LogP contribution in [-0.4, -0.2) is 42.0 Å². The predicted molar refractivity (Wildman–Crippen MR) is 72.1 cm³/mol. The molecule has 1 fully saturated rings. The van der Waals surface area contributed by atoms with E-state index in [1.54, 1.807) is 0 Å². The van der Waals surface area contributed by atoms with Crippen molar-refractivity contribution < 1.29 is 9.53 Å². The highest BCUT2D eigenvalue weighted by Gasteiger charge is 2.30.